The Bertz CT molecular complexity index is 1530. The van der Waals surface area contributed by atoms with Crippen LogP contribution in [0.5, 0.6) is 5.75 Å². The maximum absolute atomic E-state index is 13.3. The average molecular weight is 504 g/mol. The minimum atomic E-state index is -0.388. The molecule has 2 N–H and O–H groups in total. The Morgan fingerprint density at radius 1 is 1.00 bits per heavy atom. The number of fused-ring (bicyclic) bond motifs is 1. The first-order valence-electron chi connectivity index (χ1n) is 13.0. The van der Waals surface area contributed by atoms with Crippen LogP contribution < -0.4 is 15.4 Å². The van der Waals surface area contributed by atoms with Gasteiger partial charge in [0.05, 0.1) is 18.2 Å². The highest BCUT2D eigenvalue weighted by Crippen LogP contribution is 2.48. The van der Waals surface area contributed by atoms with Crippen molar-refractivity contribution in [3.8, 4) is 5.75 Å². The van der Waals surface area contributed by atoms with Gasteiger partial charge in [-0.2, -0.15) is 0 Å². The van der Waals surface area contributed by atoms with E-state index in [1.165, 1.54) is 5.56 Å². The molecule has 1 aliphatic heterocycles. The molecule has 1 saturated carbocycles. The minimum absolute atomic E-state index is 0.0772. The van der Waals surface area contributed by atoms with Gasteiger partial charge in [0.1, 0.15) is 5.75 Å². The lowest BCUT2D eigenvalue weighted by Crippen LogP contribution is -2.35. The Morgan fingerprint density at radius 2 is 1.76 bits per heavy atom. The molecular formula is C33H33N3O2. The molecule has 1 fully saturated rings. The minimum Gasteiger partial charge on any atom is -0.497 e. The van der Waals surface area contributed by atoms with E-state index in [0.717, 1.165) is 52.5 Å². The molecule has 2 aliphatic rings. The van der Waals surface area contributed by atoms with E-state index in [1.807, 2.05) is 37.5 Å². The van der Waals surface area contributed by atoms with Crippen LogP contribution in [-0.2, 0) is 5.54 Å². The lowest BCUT2D eigenvalue weighted by atomic mass is 9.95. The van der Waals surface area contributed by atoms with E-state index in [4.69, 9.17) is 4.74 Å². The first-order chi connectivity index (χ1) is 18.5. The molecule has 5 nitrogen and oxygen atoms in total. The highest BCUT2D eigenvalue weighted by molar-refractivity contribution is 5.97. The summed E-state index contributed by atoms with van der Waals surface area (Å²) in [6, 6.07) is 22.4. The molecule has 0 radical (unpaired) electrons. The number of ether oxygens (including phenoxy) is 1. The number of methoxy groups -OCH3 is 1. The van der Waals surface area contributed by atoms with Gasteiger partial charge in [0.15, 0.2) is 0 Å². The zero-order valence-corrected chi connectivity index (χ0v) is 22.1. The first kappa shape index (κ1) is 25.3. The standard InChI is InChI=1S/C30H28N2O2.C3H5N/c1-20-6-4-7-22(16-20)10-11-23-17-27(25-8-5-15-31-28(25)18-23)30(13-14-30)32-29(33)26-19-24(34-3)12-9-21(26)2;1-2-4-3-1/h4-12,15-19H,13-14H2,1-3H3,(H,32,33);1-2,4H,3H2/b11-10+;. The van der Waals surface area contributed by atoms with Crippen LogP contribution in [0.2, 0.25) is 0 Å². The van der Waals surface area contributed by atoms with Crippen LogP contribution >= 0.6 is 0 Å². The summed E-state index contributed by atoms with van der Waals surface area (Å²) in [6.07, 6.45) is 11.9. The van der Waals surface area contributed by atoms with Gasteiger partial charge in [-0.3, -0.25) is 9.78 Å². The van der Waals surface area contributed by atoms with E-state index in [9.17, 15) is 4.79 Å². The maximum atomic E-state index is 13.3. The van der Waals surface area contributed by atoms with Crippen molar-refractivity contribution >= 4 is 29.0 Å². The molecule has 1 aromatic heterocycles. The third kappa shape index (κ3) is 5.62. The summed E-state index contributed by atoms with van der Waals surface area (Å²) >= 11 is 0. The van der Waals surface area contributed by atoms with Crippen LogP contribution in [0.3, 0.4) is 0 Å². The van der Waals surface area contributed by atoms with Crippen molar-refractivity contribution in [1.29, 1.82) is 0 Å². The Kier molecular flexibility index (Phi) is 7.27. The van der Waals surface area contributed by atoms with Gasteiger partial charge in [-0.05, 0) is 91.6 Å². The van der Waals surface area contributed by atoms with Gasteiger partial charge in [0.25, 0.3) is 5.91 Å². The summed E-state index contributed by atoms with van der Waals surface area (Å²) in [5, 5.41) is 7.36. The Balaban J connectivity index is 0.000000673. The summed E-state index contributed by atoms with van der Waals surface area (Å²) in [4.78, 5) is 18.0. The summed E-state index contributed by atoms with van der Waals surface area (Å²) in [5.74, 6) is 0.602. The van der Waals surface area contributed by atoms with Gasteiger partial charge in [0.2, 0.25) is 0 Å². The third-order valence-corrected chi connectivity index (χ3v) is 7.03. The quantitative estimate of drug-likeness (QED) is 0.293. The number of amides is 1. The highest BCUT2D eigenvalue weighted by atomic mass is 16.5. The van der Waals surface area contributed by atoms with Gasteiger partial charge in [0, 0.05) is 23.7 Å². The number of nitrogens with one attached hydrogen (secondary N) is 2. The predicted molar refractivity (Wildman–Crippen MR) is 155 cm³/mol. The van der Waals surface area contributed by atoms with E-state index in [2.05, 4.69) is 83.2 Å². The Hall–Kier alpha value is -4.38. The number of carbonyl (C=O) groups excluding carboxylic acids is 1. The normalized spacial score (nSPS) is 14.7. The third-order valence-electron chi connectivity index (χ3n) is 7.03. The molecular weight excluding hydrogens is 470 g/mol. The monoisotopic (exact) mass is 503 g/mol. The van der Waals surface area contributed by atoms with E-state index in [-0.39, 0.29) is 11.4 Å². The molecule has 4 aromatic rings. The van der Waals surface area contributed by atoms with Crippen LogP contribution in [0.25, 0.3) is 23.1 Å². The van der Waals surface area contributed by atoms with Crippen LogP contribution in [0, 0.1) is 13.8 Å². The molecule has 0 atom stereocenters. The van der Waals surface area contributed by atoms with Gasteiger partial charge in [-0.15, -0.1) is 0 Å². The zero-order chi connectivity index (χ0) is 26.5. The highest BCUT2D eigenvalue weighted by Gasteiger charge is 2.47. The number of aryl methyl sites for hydroxylation is 2. The number of benzene rings is 3. The molecule has 1 amide bonds. The molecule has 5 heteroatoms. The second kappa shape index (κ2) is 10.9. The lowest BCUT2D eigenvalue weighted by molar-refractivity contribution is 0.0930. The number of hydrogen-bond donors (Lipinski definition) is 2. The first-order valence-corrected chi connectivity index (χ1v) is 13.0. The summed E-state index contributed by atoms with van der Waals surface area (Å²) in [6.45, 7) is 5.11. The Morgan fingerprint density at radius 3 is 2.45 bits per heavy atom. The van der Waals surface area contributed by atoms with Crippen LogP contribution in [0.15, 0.2) is 85.2 Å². The molecule has 0 saturated heterocycles. The maximum Gasteiger partial charge on any atom is 0.252 e. The fraction of sp³-hybridized carbons (Fsp3) is 0.212. The fourth-order valence-electron chi connectivity index (χ4n) is 4.62. The molecule has 38 heavy (non-hydrogen) atoms. The number of carbonyl (C=O) groups is 1. The van der Waals surface area contributed by atoms with Gasteiger partial charge in [-0.25, -0.2) is 0 Å². The molecule has 0 bridgehead atoms. The average Bonchev–Trinajstić information content (AvgIpc) is 3.66. The number of hydrogen-bond acceptors (Lipinski definition) is 4. The van der Waals surface area contributed by atoms with Crippen LogP contribution in [-0.4, -0.2) is 24.5 Å². The zero-order valence-electron chi connectivity index (χ0n) is 22.1. The molecule has 192 valence electrons. The molecule has 2 heterocycles. The summed E-state index contributed by atoms with van der Waals surface area (Å²) in [7, 11) is 1.61. The van der Waals surface area contributed by atoms with Crippen molar-refractivity contribution in [3.05, 3.63) is 119 Å². The smallest absolute Gasteiger partial charge is 0.252 e. The summed E-state index contributed by atoms with van der Waals surface area (Å²) in [5.41, 5.74) is 6.69. The van der Waals surface area contributed by atoms with Gasteiger partial charge in [-0.1, -0.05) is 54.1 Å². The SMILES string of the molecule is C1=CNC1.COc1ccc(C)c(C(=O)NC2(c3cc(/C=C/c4cccc(C)c4)cc4ncccc34)CC2)c1. The van der Waals surface area contributed by atoms with Crippen molar-refractivity contribution < 1.29 is 9.53 Å². The van der Waals surface area contributed by atoms with Crippen molar-refractivity contribution in [1.82, 2.24) is 15.6 Å². The lowest BCUT2D eigenvalue weighted by Gasteiger charge is -2.21. The molecule has 0 spiro atoms. The van der Waals surface area contributed by atoms with Crippen molar-refractivity contribution in [3.63, 3.8) is 0 Å². The number of aromatic nitrogens is 1. The number of pyridine rings is 1. The largest absolute Gasteiger partial charge is 0.497 e. The number of rotatable bonds is 6. The van der Waals surface area contributed by atoms with Crippen LogP contribution in [0.4, 0.5) is 0 Å². The predicted octanol–water partition coefficient (Wildman–Crippen LogP) is 6.55. The topological polar surface area (TPSA) is 63.2 Å². The second-order valence-electron chi connectivity index (χ2n) is 9.91. The van der Waals surface area contributed by atoms with E-state index in [0.29, 0.717) is 11.3 Å². The second-order valence-corrected chi connectivity index (χ2v) is 9.91. The summed E-state index contributed by atoms with van der Waals surface area (Å²) < 4.78 is 5.34. The Labute approximate surface area is 224 Å². The molecule has 1 aliphatic carbocycles. The van der Waals surface area contributed by atoms with Gasteiger partial charge >= 0.3 is 0 Å². The molecule has 0 unspecified atom stereocenters. The van der Waals surface area contributed by atoms with Crippen molar-refractivity contribution in [2.45, 2.75) is 32.2 Å². The van der Waals surface area contributed by atoms with Crippen LogP contribution in [0.1, 0.15) is 51.0 Å². The van der Waals surface area contributed by atoms with Gasteiger partial charge < -0.3 is 15.4 Å². The number of nitrogens with zero attached hydrogens (tertiary/aromatic N) is 1. The van der Waals surface area contributed by atoms with E-state index >= 15 is 0 Å². The van der Waals surface area contributed by atoms with E-state index in [1.54, 1.807) is 13.2 Å². The fourth-order valence-corrected chi connectivity index (χ4v) is 4.62. The van der Waals surface area contributed by atoms with E-state index < -0.39 is 0 Å². The van der Waals surface area contributed by atoms with Crippen molar-refractivity contribution in [2.24, 2.45) is 0 Å². The molecule has 3 aromatic carbocycles. The molecule has 6 rings (SSSR count). The van der Waals surface area contributed by atoms with Crippen molar-refractivity contribution in [2.75, 3.05) is 13.7 Å².